The van der Waals surface area contributed by atoms with Crippen LogP contribution in [0.4, 0.5) is 5.69 Å². The lowest BCUT2D eigenvalue weighted by molar-refractivity contribution is -0.117. The molecule has 6 heteroatoms. The van der Waals surface area contributed by atoms with E-state index in [2.05, 4.69) is 24.1 Å². The second kappa shape index (κ2) is 10.2. The molecule has 3 rings (SSSR count). The molecule has 0 radical (unpaired) electrons. The molecule has 0 heterocycles. The Morgan fingerprint density at radius 2 is 1.87 bits per heavy atom. The number of rotatable bonds is 10. The third-order valence-corrected chi connectivity index (χ3v) is 5.97. The summed E-state index contributed by atoms with van der Waals surface area (Å²) in [5.41, 5.74) is 3.99. The van der Waals surface area contributed by atoms with E-state index in [1.807, 2.05) is 30.3 Å². The highest BCUT2D eigenvalue weighted by Crippen LogP contribution is 2.33. The molecule has 5 nitrogen and oxygen atoms in total. The standard InChI is InChI=1S/C24H31ClN2O3/c1-5-16-7-11-21(25)20(6-2)24(16)26-23(28)15-27(18-8-9-18)14-17-13-19(29-3)10-12-22(17)30-4/h7,10-13,18H,5-6,8-9,14-15H2,1-4H3,(H,26,28). The Morgan fingerprint density at radius 3 is 2.47 bits per heavy atom. The van der Waals surface area contributed by atoms with Crippen LogP contribution in [0.25, 0.3) is 0 Å². The Labute approximate surface area is 184 Å². The summed E-state index contributed by atoms with van der Waals surface area (Å²) in [7, 11) is 3.32. The van der Waals surface area contributed by atoms with Gasteiger partial charge in [0.1, 0.15) is 11.5 Å². The van der Waals surface area contributed by atoms with Crippen LogP contribution >= 0.6 is 11.6 Å². The molecule has 1 N–H and O–H groups in total. The molecule has 0 spiro atoms. The Hall–Kier alpha value is -2.24. The first-order chi connectivity index (χ1) is 14.5. The van der Waals surface area contributed by atoms with E-state index in [1.54, 1.807) is 14.2 Å². The molecule has 2 aromatic rings. The van der Waals surface area contributed by atoms with Gasteiger partial charge in [-0.25, -0.2) is 0 Å². The summed E-state index contributed by atoms with van der Waals surface area (Å²) in [6.45, 7) is 5.10. The van der Waals surface area contributed by atoms with Crippen molar-refractivity contribution in [2.45, 2.75) is 52.1 Å². The summed E-state index contributed by atoms with van der Waals surface area (Å²) in [4.78, 5) is 15.2. The molecule has 162 valence electrons. The highest BCUT2D eigenvalue weighted by Gasteiger charge is 2.31. The summed E-state index contributed by atoms with van der Waals surface area (Å²) in [6, 6.07) is 10.1. The minimum Gasteiger partial charge on any atom is -0.497 e. The maximum atomic E-state index is 13.0. The zero-order valence-corrected chi connectivity index (χ0v) is 19.0. The molecule has 0 atom stereocenters. The van der Waals surface area contributed by atoms with Crippen molar-refractivity contribution in [2.75, 3.05) is 26.1 Å². The largest absolute Gasteiger partial charge is 0.497 e. The van der Waals surface area contributed by atoms with E-state index in [-0.39, 0.29) is 5.91 Å². The predicted molar refractivity (Wildman–Crippen MR) is 122 cm³/mol. The van der Waals surface area contributed by atoms with Gasteiger partial charge in [-0.2, -0.15) is 0 Å². The second-order valence-corrected chi connectivity index (χ2v) is 8.04. The molecular weight excluding hydrogens is 400 g/mol. The average Bonchev–Trinajstić information content (AvgIpc) is 3.59. The van der Waals surface area contributed by atoms with Crippen molar-refractivity contribution in [1.82, 2.24) is 4.90 Å². The number of hydrogen-bond donors (Lipinski definition) is 1. The maximum Gasteiger partial charge on any atom is 0.238 e. The number of methoxy groups -OCH3 is 2. The summed E-state index contributed by atoms with van der Waals surface area (Å²) < 4.78 is 10.9. The normalized spacial score (nSPS) is 13.4. The molecule has 1 amide bonds. The van der Waals surface area contributed by atoms with Gasteiger partial charge in [0, 0.05) is 28.9 Å². The zero-order chi connectivity index (χ0) is 21.7. The molecule has 0 aromatic heterocycles. The van der Waals surface area contributed by atoms with Gasteiger partial charge < -0.3 is 14.8 Å². The van der Waals surface area contributed by atoms with Crippen molar-refractivity contribution in [3.63, 3.8) is 0 Å². The summed E-state index contributed by atoms with van der Waals surface area (Å²) >= 11 is 6.39. The molecular formula is C24H31ClN2O3. The number of aryl methyl sites for hydroxylation is 1. The number of carbonyl (C=O) groups excluding carboxylic acids is 1. The van der Waals surface area contributed by atoms with Crippen LogP contribution < -0.4 is 14.8 Å². The van der Waals surface area contributed by atoms with Crippen molar-refractivity contribution in [1.29, 1.82) is 0 Å². The molecule has 1 fully saturated rings. The highest BCUT2D eigenvalue weighted by molar-refractivity contribution is 6.32. The molecule has 2 aromatic carbocycles. The fourth-order valence-electron chi connectivity index (χ4n) is 3.81. The van der Waals surface area contributed by atoms with Crippen LogP contribution in [0.15, 0.2) is 30.3 Å². The van der Waals surface area contributed by atoms with Crippen molar-refractivity contribution < 1.29 is 14.3 Å². The molecule has 0 aliphatic heterocycles. The first-order valence-electron chi connectivity index (χ1n) is 10.6. The van der Waals surface area contributed by atoms with Crippen molar-refractivity contribution >= 4 is 23.2 Å². The number of carbonyl (C=O) groups is 1. The summed E-state index contributed by atoms with van der Waals surface area (Å²) in [6.07, 6.45) is 3.83. The van der Waals surface area contributed by atoms with Crippen LogP contribution in [-0.4, -0.2) is 37.6 Å². The predicted octanol–water partition coefficient (Wildman–Crippen LogP) is 5.09. The van der Waals surface area contributed by atoms with Crippen molar-refractivity contribution in [3.8, 4) is 11.5 Å². The highest BCUT2D eigenvalue weighted by atomic mass is 35.5. The van der Waals surface area contributed by atoms with Gasteiger partial charge in [-0.15, -0.1) is 0 Å². The van der Waals surface area contributed by atoms with Gasteiger partial charge in [0.05, 0.1) is 20.8 Å². The fourth-order valence-corrected chi connectivity index (χ4v) is 4.10. The lowest BCUT2D eigenvalue weighted by Gasteiger charge is -2.24. The molecule has 1 saturated carbocycles. The number of nitrogens with zero attached hydrogens (tertiary/aromatic N) is 1. The van der Waals surface area contributed by atoms with E-state index >= 15 is 0 Å². The summed E-state index contributed by atoms with van der Waals surface area (Å²) in [5.74, 6) is 1.57. The van der Waals surface area contributed by atoms with Crippen LogP contribution in [0, 0.1) is 0 Å². The van der Waals surface area contributed by atoms with Crippen LogP contribution in [0.5, 0.6) is 11.5 Å². The smallest absolute Gasteiger partial charge is 0.238 e. The number of nitrogens with one attached hydrogen (secondary N) is 1. The number of anilines is 1. The Balaban J connectivity index is 1.77. The first kappa shape index (κ1) is 22.4. The molecule has 1 aliphatic rings. The van der Waals surface area contributed by atoms with Gasteiger partial charge in [0.25, 0.3) is 0 Å². The minimum atomic E-state index is -0.0181. The lowest BCUT2D eigenvalue weighted by atomic mass is 10.0. The Kier molecular flexibility index (Phi) is 7.62. The van der Waals surface area contributed by atoms with Gasteiger partial charge in [-0.1, -0.05) is 31.5 Å². The van der Waals surface area contributed by atoms with E-state index < -0.39 is 0 Å². The number of benzene rings is 2. The van der Waals surface area contributed by atoms with E-state index in [4.69, 9.17) is 21.1 Å². The van der Waals surface area contributed by atoms with Crippen molar-refractivity contribution in [3.05, 3.63) is 52.0 Å². The number of halogens is 1. The molecule has 0 unspecified atom stereocenters. The number of ether oxygens (including phenoxy) is 2. The number of amides is 1. The SMILES string of the molecule is CCc1ccc(Cl)c(CC)c1NC(=O)CN(Cc1cc(OC)ccc1OC)C1CC1. The third kappa shape index (κ3) is 5.27. The van der Waals surface area contributed by atoms with E-state index in [0.29, 0.717) is 24.2 Å². The monoisotopic (exact) mass is 430 g/mol. The van der Waals surface area contributed by atoms with Gasteiger partial charge >= 0.3 is 0 Å². The van der Waals surface area contributed by atoms with E-state index in [0.717, 1.165) is 59.6 Å². The van der Waals surface area contributed by atoms with Gasteiger partial charge in [0.15, 0.2) is 0 Å². The topological polar surface area (TPSA) is 50.8 Å². The molecule has 1 aliphatic carbocycles. The third-order valence-electron chi connectivity index (χ3n) is 5.61. The van der Waals surface area contributed by atoms with Crippen LogP contribution in [-0.2, 0) is 24.2 Å². The van der Waals surface area contributed by atoms with Crippen LogP contribution in [0.2, 0.25) is 5.02 Å². The fraction of sp³-hybridized carbons (Fsp3) is 0.458. The Morgan fingerprint density at radius 1 is 1.10 bits per heavy atom. The zero-order valence-electron chi connectivity index (χ0n) is 18.3. The molecule has 0 saturated heterocycles. The lowest BCUT2D eigenvalue weighted by Crippen LogP contribution is -2.35. The summed E-state index contributed by atoms with van der Waals surface area (Å²) in [5, 5.41) is 3.85. The van der Waals surface area contributed by atoms with E-state index in [9.17, 15) is 4.79 Å². The second-order valence-electron chi connectivity index (χ2n) is 7.63. The minimum absolute atomic E-state index is 0.0181. The van der Waals surface area contributed by atoms with Crippen LogP contribution in [0.3, 0.4) is 0 Å². The van der Waals surface area contributed by atoms with Crippen LogP contribution in [0.1, 0.15) is 43.4 Å². The van der Waals surface area contributed by atoms with Crippen molar-refractivity contribution in [2.24, 2.45) is 0 Å². The van der Waals surface area contributed by atoms with E-state index in [1.165, 1.54) is 0 Å². The number of hydrogen-bond acceptors (Lipinski definition) is 4. The molecule has 0 bridgehead atoms. The first-order valence-corrected chi connectivity index (χ1v) is 10.9. The average molecular weight is 431 g/mol. The quantitative estimate of drug-likeness (QED) is 0.570. The Bertz CT molecular complexity index is 896. The van der Waals surface area contributed by atoms with Gasteiger partial charge in [-0.3, -0.25) is 9.69 Å². The van der Waals surface area contributed by atoms with Gasteiger partial charge in [-0.05, 0) is 61.1 Å². The molecule has 30 heavy (non-hydrogen) atoms. The maximum absolute atomic E-state index is 13.0. The van der Waals surface area contributed by atoms with Gasteiger partial charge in [0.2, 0.25) is 5.91 Å².